The van der Waals surface area contributed by atoms with E-state index in [1.807, 2.05) is 0 Å². The van der Waals surface area contributed by atoms with Gasteiger partial charge in [-0.25, -0.2) is 0 Å². The normalized spacial score (nSPS) is 11.9. The number of hydrogen-bond acceptors (Lipinski definition) is 6. The van der Waals surface area contributed by atoms with Crippen LogP contribution in [0.1, 0.15) is 20.8 Å². The Hall–Kier alpha value is -1.85. The van der Waals surface area contributed by atoms with E-state index < -0.39 is 24.0 Å². The third kappa shape index (κ3) is 8.74. The number of carbonyl (C=O) groups excluding carboxylic acids is 3. The maximum absolute atomic E-state index is 10.7. The summed E-state index contributed by atoms with van der Waals surface area (Å²) in [5, 5.41) is 0. The molecule has 6 heteroatoms. The summed E-state index contributed by atoms with van der Waals surface area (Å²) in [5.74, 6) is -1.51. The van der Waals surface area contributed by atoms with Gasteiger partial charge in [-0.05, 0) is 6.08 Å². The first kappa shape index (κ1) is 14.2. The zero-order chi connectivity index (χ0) is 12.6. The Labute approximate surface area is 93.2 Å². The van der Waals surface area contributed by atoms with Crippen LogP contribution in [-0.4, -0.2) is 30.6 Å². The molecule has 0 aliphatic heterocycles. The largest absolute Gasteiger partial charge is 0.462 e. The molecule has 6 nitrogen and oxygen atoms in total. The van der Waals surface area contributed by atoms with Gasteiger partial charge in [0.1, 0.15) is 6.61 Å². The molecule has 0 bridgehead atoms. The lowest BCUT2D eigenvalue weighted by Gasteiger charge is -2.12. The lowest BCUT2D eigenvalue weighted by atomic mass is 10.3. The lowest BCUT2D eigenvalue weighted by molar-refractivity contribution is -0.153. The molecule has 0 saturated carbocycles. The van der Waals surface area contributed by atoms with Crippen LogP contribution in [0.25, 0.3) is 0 Å². The zero-order valence-corrected chi connectivity index (χ0v) is 9.39. The molecule has 0 N–H and O–H groups in total. The highest BCUT2D eigenvalue weighted by Gasteiger charge is 2.10. The van der Waals surface area contributed by atoms with Gasteiger partial charge in [-0.1, -0.05) is 0 Å². The Morgan fingerprint density at radius 1 is 1.06 bits per heavy atom. The van der Waals surface area contributed by atoms with Crippen molar-refractivity contribution >= 4 is 17.9 Å². The second-order valence-corrected chi connectivity index (χ2v) is 2.89. The summed E-state index contributed by atoms with van der Waals surface area (Å²) in [6.45, 7) is 3.57. The lowest BCUT2D eigenvalue weighted by Crippen LogP contribution is -2.21. The molecule has 1 atom stereocenters. The van der Waals surface area contributed by atoms with Crippen molar-refractivity contribution in [1.82, 2.24) is 0 Å². The number of esters is 3. The Bertz CT molecular complexity index is 294. The quantitative estimate of drug-likeness (QED) is 0.390. The Morgan fingerprint density at radius 2 is 1.69 bits per heavy atom. The first-order valence-corrected chi connectivity index (χ1v) is 4.56. The Morgan fingerprint density at radius 3 is 2.12 bits per heavy atom. The van der Waals surface area contributed by atoms with E-state index in [0.29, 0.717) is 0 Å². The molecular weight excluding hydrogens is 216 g/mol. The molecule has 0 aliphatic carbocycles. The predicted octanol–water partition coefficient (Wildman–Crippen LogP) is 0.558. The molecule has 0 aromatic heterocycles. The highest BCUT2D eigenvalue weighted by atomic mass is 16.6. The van der Waals surface area contributed by atoms with Crippen LogP contribution in [0.4, 0.5) is 0 Å². The molecule has 90 valence electrons. The van der Waals surface area contributed by atoms with Crippen molar-refractivity contribution in [3.8, 4) is 0 Å². The van der Waals surface area contributed by atoms with Gasteiger partial charge in [0.05, 0.1) is 6.26 Å². The molecule has 1 unspecified atom stereocenters. The number of hydrogen-bond donors (Lipinski definition) is 0. The standard InChI is InChI=1S/C10H14O6/c1-7(11)14-5-4-10(16-9(3)13)6-15-8(2)12/h4-5,10H,6H2,1-3H3. The topological polar surface area (TPSA) is 78.9 Å². The second kappa shape index (κ2) is 7.44. The van der Waals surface area contributed by atoms with Crippen LogP contribution < -0.4 is 0 Å². The first-order valence-electron chi connectivity index (χ1n) is 4.56. The second-order valence-electron chi connectivity index (χ2n) is 2.89. The molecule has 0 saturated heterocycles. The smallest absolute Gasteiger partial charge is 0.307 e. The van der Waals surface area contributed by atoms with Gasteiger partial charge in [0, 0.05) is 20.8 Å². The fraction of sp³-hybridized carbons (Fsp3) is 0.500. The van der Waals surface area contributed by atoms with Gasteiger partial charge in [0.15, 0.2) is 6.10 Å². The van der Waals surface area contributed by atoms with Crippen LogP contribution in [0, 0.1) is 0 Å². The molecule has 0 amide bonds. The number of ether oxygens (including phenoxy) is 3. The van der Waals surface area contributed by atoms with Gasteiger partial charge in [-0.3, -0.25) is 14.4 Å². The average Bonchev–Trinajstić information content (AvgIpc) is 2.12. The summed E-state index contributed by atoms with van der Waals surface area (Å²) in [6, 6.07) is 0. The molecule has 0 aromatic carbocycles. The van der Waals surface area contributed by atoms with E-state index in [2.05, 4.69) is 9.47 Å². The fourth-order valence-corrected chi connectivity index (χ4v) is 0.764. The predicted molar refractivity (Wildman–Crippen MR) is 53.1 cm³/mol. The molecule has 16 heavy (non-hydrogen) atoms. The summed E-state index contributed by atoms with van der Waals surface area (Å²) in [4.78, 5) is 31.7. The van der Waals surface area contributed by atoms with Crippen molar-refractivity contribution in [1.29, 1.82) is 0 Å². The molecule has 0 fully saturated rings. The molecule has 0 rings (SSSR count). The summed E-state index contributed by atoms with van der Waals surface area (Å²) in [6.07, 6.45) is 1.63. The third-order valence-corrected chi connectivity index (χ3v) is 1.30. The summed E-state index contributed by atoms with van der Waals surface area (Å²) in [5.41, 5.74) is 0. The highest BCUT2D eigenvalue weighted by molar-refractivity contribution is 5.67. The van der Waals surface area contributed by atoms with Gasteiger partial charge >= 0.3 is 17.9 Å². The van der Waals surface area contributed by atoms with E-state index >= 15 is 0 Å². The minimum Gasteiger partial charge on any atom is -0.462 e. The van der Waals surface area contributed by atoms with Gasteiger partial charge < -0.3 is 14.2 Å². The minimum absolute atomic E-state index is 0.118. The highest BCUT2D eigenvalue weighted by Crippen LogP contribution is 1.98. The molecule has 0 aromatic rings. The van der Waals surface area contributed by atoms with E-state index in [4.69, 9.17) is 4.74 Å². The van der Waals surface area contributed by atoms with Gasteiger partial charge in [-0.15, -0.1) is 0 Å². The van der Waals surface area contributed by atoms with Crippen LogP contribution >= 0.6 is 0 Å². The monoisotopic (exact) mass is 230 g/mol. The zero-order valence-electron chi connectivity index (χ0n) is 9.39. The summed E-state index contributed by atoms with van der Waals surface area (Å²) >= 11 is 0. The van der Waals surface area contributed by atoms with E-state index in [0.717, 1.165) is 6.26 Å². The molecule has 0 aliphatic rings. The van der Waals surface area contributed by atoms with E-state index in [1.165, 1.54) is 26.8 Å². The first-order chi connectivity index (χ1) is 7.41. The molecular formula is C10H14O6. The molecule has 0 radical (unpaired) electrons. The van der Waals surface area contributed by atoms with Crippen molar-refractivity contribution in [2.45, 2.75) is 26.9 Å². The van der Waals surface area contributed by atoms with Crippen LogP contribution in [0.5, 0.6) is 0 Å². The Balaban J connectivity index is 4.18. The van der Waals surface area contributed by atoms with Crippen LogP contribution in [0.3, 0.4) is 0 Å². The van der Waals surface area contributed by atoms with Crippen molar-refractivity contribution in [2.24, 2.45) is 0 Å². The van der Waals surface area contributed by atoms with Gasteiger partial charge in [0.25, 0.3) is 0 Å². The minimum atomic E-state index is -0.763. The SMILES string of the molecule is CC(=O)OC=CC(COC(C)=O)OC(C)=O. The van der Waals surface area contributed by atoms with Crippen molar-refractivity contribution in [3.05, 3.63) is 12.3 Å². The summed E-state index contributed by atoms with van der Waals surface area (Å²) in [7, 11) is 0. The van der Waals surface area contributed by atoms with E-state index in [-0.39, 0.29) is 6.61 Å². The van der Waals surface area contributed by atoms with E-state index in [1.54, 1.807) is 0 Å². The number of carbonyl (C=O) groups is 3. The van der Waals surface area contributed by atoms with Gasteiger partial charge in [-0.2, -0.15) is 0 Å². The van der Waals surface area contributed by atoms with Crippen LogP contribution in [-0.2, 0) is 28.6 Å². The maximum atomic E-state index is 10.7. The summed E-state index contributed by atoms with van der Waals surface area (Å²) < 4.78 is 14.0. The van der Waals surface area contributed by atoms with Crippen molar-refractivity contribution in [2.75, 3.05) is 6.61 Å². The van der Waals surface area contributed by atoms with Crippen molar-refractivity contribution < 1.29 is 28.6 Å². The number of rotatable bonds is 5. The Kier molecular flexibility index (Phi) is 6.58. The average molecular weight is 230 g/mol. The van der Waals surface area contributed by atoms with Gasteiger partial charge in [0.2, 0.25) is 0 Å². The van der Waals surface area contributed by atoms with Crippen LogP contribution in [0.2, 0.25) is 0 Å². The van der Waals surface area contributed by atoms with Crippen molar-refractivity contribution in [3.63, 3.8) is 0 Å². The maximum Gasteiger partial charge on any atom is 0.307 e. The van der Waals surface area contributed by atoms with Crippen LogP contribution in [0.15, 0.2) is 12.3 Å². The third-order valence-electron chi connectivity index (χ3n) is 1.30. The van der Waals surface area contributed by atoms with E-state index in [9.17, 15) is 14.4 Å². The molecule has 0 heterocycles. The molecule has 0 spiro atoms. The fourth-order valence-electron chi connectivity index (χ4n) is 0.764.